The number of nitrogens with zero attached hydrogens (tertiary/aromatic N) is 1. The molecule has 4 nitrogen and oxygen atoms in total. The van der Waals surface area contributed by atoms with Crippen molar-refractivity contribution in [1.82, 2.24) is 15.3 Å². The number of fused-ring (bicyclic) bond motifs is 1. The molecule has 27 heavy (non-hydrogen) atoms. The maximum atomic E-state index is 12.6. The van der Waals surface area contributed by atoms with E-state index < -0.39 is 0 Å². The largest absolute Gasteiger partial charge is 0.349 e. The van der Waals surface area contributed by atoms with Crippen molar-refractivity contribution < 1.29 is 4.79 Å². The molecule has 1 heterocycles. The van der Waals surface area contributed by atoms with Crippen molar-refractivity contribution in [1.29, 1.82) is 0 Å². The fraction of sp³-hybridized carbons (Fsp3) is 0.333. The fourth-order valence-electron chi connectivity index (χ4n) is 3.67. The summed E-state index contributed by atoms with van der Waals surface area (Å²) in [5, 5.41) is 4.39. The number of imidazole rings is 1. The van der Waals surface area contributed by atoms with E-state index in [0.29, 0.717) is 28.1 Å². The lowest BCUT2D eigenvalue weighted by molar-refractivity contribution is 0.0928. The third kappa shape index (κ3) is 4.12. The van der Waals surface area contributed by atoms with E-state index in [1.165, 1.54) is 19.3 Å². The first kappa shape index (κ1) is 18.3. The Labute approximate surface area is 168 Å². The van der Waals surface area contributed by atoms with Gasteiger partial charge in [-0.15, -0.1) is 0 Å². The molecule has 140 valence electrons. The van der Waals surface area contributed by atoms with Crippen molar-refractivity contribution in [3.05, 3.63) is 63.4 Å². The highest BCUT2D eigenvalue weighted by Gasteiger charge is 2.17. The van der Waals surface area contributed by atoms with Gasteiger partial charge in [0.2, 0.25) is 0 Å². The van der Waals surface area contributed by atoms with Crippen LogP contribution in [0.4, 0.5) is 0 Å². The van der Waals surface area contributed by atoms with E-state index in [0.717, 1.165) is 35.3 Å². The molecule has 2 aromatic carbocycles. The summed E-state index contributed by atoms with van der Waals surface area (Å²) in [6.07, 6.45) is 6.31. The number of carbonyl (C=O) groups excluding carboxylic acids is 1. The molecule has 3 aromatic rings. The zero-order valence-electron chi connectivity index (χ0n) is 14.9. The molecule has 0 saturated heterocycles. The number of hydrogen-bond donors (Lipinski definition) is 2. The number of benzene rings is 2. The quantitative estimate of drug-likeness (QED) is 0.604. The Morgan fingerprint density at radius 3 is 2.59 bits per heavy atom. The summed E-state index contributed by atoms with van der Waals surface area (Å²) in [6, 6.07) is 11.3. The van der Waals surface area contributed by atoms with Crippen LogP contribution in [0.1, 0.15) is 53.8 Å². The van der Waals surface area contributed by atoms with Crippen molar-refractivity contribution in [2.75, 3.05) is 0 Å². The highest BCUT2D eigenvalue weighted by Crippen LogP contribution is 2.27. The summed E-state index contributed by atoms with van der Waals surface area (Å²) in [7, 11) is 0. The molecule has 1 fully saturated rings. The summed E-state index contributed by atoms with van der Waals surface area (Å²) in [6.45, 7) is 0. The average Bonchev–Trinajstić information content (AvgIpc) is 3.07. The molecule has 0 aliphatic heterocycles. The molecular weight excluding hydrogens is 381 g/mol. The highest BCUT2D eigenvalue weighted by molar-refractivity contribution is 6.36. The number of aromatic nitrogens is 2. The molecule has 6 heteroatoms. The third-order valence-corrected chi connectivity index (χ3v) is 5.85. The molecule has 0 spiro atoms. The van der Waals surface area contributed by atoms with E-state index in [4.69, 9.17) is 23.2 Å². The molecule has 1 saturated carbocycles. The maximum absolute atomic E-state index is 12.6. The van der Waals surface area contributed by atoms with Gasteiger partial charge < -0.3 is 10.3 Å². The Hall–Kier alpha value is -2.04. The van der Waals surface area contributed by atoms with Gasteiger partial charge in [0.05, 0.1) is 11.0 Å². The molecule has 1 aliphatic rings. The molecule has 0 atom stereocenters. The van der Waals surface area contributed by atoms with Gasteiger partial charge in [-0.1, -0.05) is 48.5 Å². The highest BCUT2D eigenvalue weighted by atomic mass is 35.5. The Bertz CT molecular complexity index is 956. The Kier molecular flexibility index (Phi) is 5.37. The molecule has 1 aliphatic carbocycles. The van der Waals surface area contributed by atoms with E-state index in [1.54, 1.807) is 0 Å². The van der Waals surface area contributed by atoms with Crippen LogP contribution < -0.4 is 5.32 Å². The van der Waals surface area contributed by atoms with E-state index in [9.17, 15) is 4.79 Å². The molecule has 1 amide bonds. The minimum Gasteiger partial charge on any atom is -0.349 e. The topological polar surface area (TPSA) is 57.8 Å². The Balaban J connectivity index is 1.54. The average molecular weight is 402 g/mol. The van der Waals surface area contributed by atoms with Crippen LogP contribution in [-0.4, -0.2) is 21.9 Å². The van der Waals surface area contributed by atoms with Crippen molar-refractivity contribution >= 4 is 40.1 Å². The molecule has 2 N–H and O–H groups in total. The minimum atomic E-state index is -0.0194. The first-order chi connectivity index (χ1) is 13.1. The van der Waals surface area contributed by atoms with Gasteiger partial charge >= 0.3 is 0 Å². The van der Waals surface area contributed by atoms with Crippen molar-refractivity contribution in [3.8, 4) is 0 Å². The first-order valence-electron chi connectivity index (χ1n) is 9.32. The second kappa shape index (κ2) is 7.91. The van der Waals surface area contributed by atoms with Gasteiger partial charge in [0.15, 0.2) is 0 Å². The molecule has 0 radical (unpaired) electrons. The van der Waals surface area contributed by atoms with E-state index in [2.05, 4.69) is 15.3 Å². The zero-order valence-corrected chi connectivity index (χ0v) is 16.4. The van der Waals surface area contributed by atoms with Crippen LogP contribution in [0, 0.1) is 0 Å². The van der Waals surface area contributed by atoms with Gasteiger partial charge in [-0.2, -0.15) is 0 Å². The molecule has 1 aromatic heterocycles. The summed E-state index contributed by atoms with van der Waals surface area (Å²) >= 11 is 12.5. The van der Waals surface area contributed by atoms with Crippen LogP contribution in [0.25, 0.3) is 11.0 Å². The second-order valence-corrected chi connectivity index (χ2v) is 7.92. The van der Waals surface area contributed by atoms with Crippen LogP contribution in [-0.2, 0) is 6.42 Å². The van der Waals surface area contributed by atoms with Gasteiger partial charge in [-0.05, 0) is 48.7 Å². The van der Waals surface area contributed by atoms with Gasteiger partial charge in [0, 0.05) is 28.1 Å². The van der Waals surface area contributed by atoms with Crippen LogP contribution in [0.2, 0.25) is 10.0 Å². The molecule has 0 unspecified atom stereocenters. The number of hydrogen-bond acceptors (Lipinski definition) is 2. The van der Waals surface area contributed by atoms with E-state index >= 15 is 0 Å². The molecule has 4 rings (SSSR count). The van der Waals surface area contributed by atoms with Crippen molar-refractivity contribution in [2.24, 2.45) is 0 Å². The summed E-state index contributed by atoms with van der Waals surface area (Å²) in [4.78, 5) is 20.5. The third-order valence-electron chi connectivity index (χ3n) is 5.14. The lowest BCUT2D eigenvalue weighted by Gasteiger charge is -2.22. The monoisotopic (exact) mass is 401 g/mol. The van der Waals surface area contributed by atoms with Crippen molar-refractivity contribution in [2.45, 2.75) is 44.6 Å². The summed E-state index contributed by atoms with van der Waals surface area (Å²) in [5.41, 5.74) is 3.15. The number of carbonyl (C=O) groups is 1. The zero-order chi connectivity index (χ0) is 18.8. The summed E-state index contributed by atoms with van der Waals surface area (Å²) < 4.78 is 0. The van der Waals surface area contributed by atoms with Crippen molar-refractivity contribution in [3.63, 3.8) is 0 Å². The number of halogens is 2. The van der Waals surface area contributed by atoms with E-state index in [1.807, 2.05) is 36.4 Å². The second-order valence-electron chi connectivity index (χ2n) is 7.10. The normalized spacial score (nSPS) is 15.2. The number of nitrogens with one attached hydrogen (secondary N) is 2. The lowest BCUT2D eigenvalue weighted by Crippen LogP contribution is -2.36. The Morgan fingerprint density at radius 2 is 1.85 bits per heavy atom. The first-order valence-corrected chi connectivity index (χ1v) is 10.1. The van der Waals surface area contributed by atoms with Gasteiger partial charge in [-0.3, -0.25) is 4.79 Å². The molecular formula is C21H21Cl2N3O. The fourth-order valence-corrected chi connectivity index (χ4v) is 4.20. The number of H-pyrrole nitrogens is 1. The minimum absolute atomic E-state index is 0.0194. The van der Waals surface area contributed by atoms with E-state index in [-0.39, 0.29) is 5.91 Å². The maximum Gasteiger partial charge on any atom is 0.251 e. The number of aromatic amines is 1. The predicted molar refractivity (Wildman–Crippen MR) is 110 cm³/mol. The van der Waals surface area contributed by atoms with Crippen LogP contribution >= 0.6 is 23.2 Å². The van der Waals surface area contributed by atoms with Gasteiger partial charge in [0.25, 0.3) is 5.91 Å². The SMILES string of the molecule is O=C(NC1CCCCC1)c1ccc2nc(Cc3c(Cl)cccc3Cl)[nH]c2c1. The smallest absolute Gasteiger partial charge is 0.251 e. The summed E-state index contributed by atoms with van der Waals surface area (Å²) in [5.74, 6) is 0.749. The molecule has 0 bridgehead atoms. The Morgan fingerprint density at radius 1 is 1.11 bits per heavy atom. The van der Waals surface area contributed by atoms with Gasteiger partial charge in [-0.25, -0.2) is 4.98 Å². The van der Waals surface area contributed by atoms with Gasteiger partial charge in [0.1, 0.15) is 5.82 Å². The number of amides is 1. The van der Waals surface area contributed by atoms with Crippen LogP contribution in [0.3, 0.4) is 0 Å². The van der Waals surface area contributed by atoms with Crippen LogP contribution in [0.5, 0.6) is 0 Å². The lowest BCUT2D eigenvalue weighted by atomic mass is 9.95. The predicted octanol–water partition coefficient (Wildman–Crippen LogP) is 5.52. The standard InChI is InChI=1S/C21H21Cl2N3O/c22-16-7-4-8-17(23)15(16)12-20-25-18-10-9-13(11-19(18)26-20)21(27)24-14-5-2-1-3-6-14/h4,7-11,14H,1-3,5-6,12H2,(H,24,27)(H,25,26). The van der Waals surface area contributed by atoms with Crippen LogP contribution in [0.15, 0.2) is 36.4 Å². The number of rotatable bonds is 4.